The van der Waals surface area contributed by atoms with E-state index >= 15 is 0 Å². The summed E-state index contributed by atoms with van der Waals surface area (Å²) in [6.45, 7) is -0.333. The molecule has 1 heterocycles. The van der Waals surface area contributed by atoms with Gasteiger partial charge in [-0.25, -0.2) is 8.42 Å². The zero-order valence-electron chi connectivity index (χ0n) is 9.63. The lowest BCUT2D eigenvalue weighted by atomic mass is 10.2. The van der Waals surface area contributed by atoms with Gasteiger partial charge in [0.05, 0.1) is 18.1 Å². The molecule has 0 aromatic carbocycles. The molecular weight excluding hydrogens is 257 g/mol. The summed E-state index contributed by atoms with van der Waals surface area (Å²) in [4.78, 5) is 1.16. The summed E-state index contributed by atoms with van der Waals surface area (Å²) in [5.74, 6) is 0.263. The van der Waals surface area contributed by atoms with Crippen LogP contribution in [0.5, 0.6) is 0 Å². The van der Waals surface area contributed by atoms with E-state index in [-0.39, 0.29) is 24.1 Å². The molecule has 0 aliphatic carbocycles. The first-order chi connectivity index (χ1) is 7.68. The molecule has 0 saturated carbocycles. The van der Waals surface area contributed by atoms with E-state index in [1.54, 1.807) is 0 Å². The predicted octanol–water partition coefficient (Wildman–Crippen LogP) is 0.257. The highest BCUT2D eigenvalue weighted by molar-refractivity contribution is 7.91. The lowest BCUT2D eigenvalue weighted by Crippen LogP contribution is -2.39. The molecule has 1 atom stereocenters. The lowest BCUT2D eigenvalue weighted by molar-refractivity contribution is -0.142. The van der Waals surface area contributed by atoms with Gasteiger partial charge in [0.15, 0.2) is 9.84 Å². The third kappa shape index (κ3) is 6.23. The molecule has 4 nitrogen and oxygen atoms in total. The van der Waals surface area contributed by atoms with Gasteiger partial charge < -0.3 is 5.32 Å². The first kappa shape index (κ1) is 14.7. The Morgan fingerprint density at radius 2 is 2.06 bits per heavy atom. The molecule has 1 aliphatic heterocycles. The van der Waals surface area contributed by atoms with E-state index in [2.05, 4.69) is 5.32 Å². The fraction of sp³-hybridized carbons (Fsp3) is 1.00. The van der Waals surface area contributed by atoms with Gasteiger partial charge in [0.1, 0.15) is 0 Å². The Labute approximate surface area is 99.1 Å². The number of sulfone groups is 1. The van der Waals surface area contributed by atoms with Crippen molar-refractivity contribution in [2.45, 2.75) is 18.6 Å². The molecule has 1 fully saturated rings. The van der Waals surface area contributed by atoms with Gasteiger partial charge in [0.2, 0.25) is 0 Å². The Balaban J connectivity index is 2.16. The van der Waals surface area contributed by atoms with E-state index < -0.39 is 22.6 Å². The van der Waals surface area contributed by atoms with Crippen LogP contribution in [-0.2, 0) is 9.84 Å². The summed E-state index contributed by atoms with van der Waals surface area (Å²) >= 11 is 0. The molecule has 0 spiro atoms. The molecule has 1 N–H and O–H groups in total. The monoisotopic (exact) mass is 274 g/mol. The van der Waals surface area contributed by atoms with Gasteiger partial charge in [-0.15, -0.1) is 0 Å². The highest BCUT2D eigenvalue weighted by atomic mass is 32.2. The molecule has 102 valence electrons. The van der Waals surface area contributed by atoms with Crippen molar-refractivity contribution in [1.29, 1.82) is 0 Å². The summed E-state index contributed by atoms with van der Waals surface area (Å²) in [5, 5.41) is 2.97. The number of hydrogen-bond donors (Lipinski definition) is 1. The normalized spacial score (nSPS) is 24.4. The second-order valence-corrected chi connectivity index (χ2v) is 6.64. The van der Waals surface area contributed by atoms with E-state index in [0.717, 1.165) is 4.90 Å². The van der Waals surface area contributed by atoms with Gasteiger partial charge in [0, 0.05) is 19.1 Å². The summed E-state index contributed by atoms with van der Waals surface area (Å²) in [6.07, 6.45) is -3.64. The Hall–Kier alpha value is -0.340. The number of rotatable bonds is 5. The second-order valence-electron chi connectivity index (χ2n) is 4.41. The first-order valence-corrected chi connectivity index (χ1v) is 7.19. The molecule has 1 saturated heterocycles. The van der Waals surface area contributed by atoms with Crippen LogP contribution >= 0.6 is 0 Å². The average Bonchev–Trinajstić information content (AvgIpc) is 2.42. The van der Waals surface area contributed by atoms with Crippen molar-refractivity contribution in [2.24, 2.45) is 0 Å². The van der Waals surface area contributed by atoms with Gasteiger partial charge in [-0.05, 0) is 13.5 Å². The molecule has 0 aromatic rings. The number of likely N-dealkylation sites (N-methyl/N-ethyl adjacent to an activating group) is 1. The van der Waals surface area contributed by atoms with Gasteiger partial charge >= 0.3 is 6.18 Å². The summed E-state index contributed by atoms with van der Waals surface area (Å²) in [7, 11) is -1.54. The van der Waals surface area contributed by atoms with Crippen LogP contribution in [0, 0.1) is 0 Å². The zero-order valence-corrected chi connectivity index (χ0v) is 10.4. The Kier molecular flexibility index (Phi) is 4.79. The largest absolute Gasteiger partial charge is 0.401 e. The SMILES string of the molecule is CN(CCNC1CCS(=O)(=O)C1)CC(F)(F)F. The molecule has 1 rings (SSSR count). The number of nitrogens with one attached hydrogen (secondary N) is 1. The number of halogens is 3. The topological polar surface area (TPSA) is 49.4 Å². The van der Waals surface area contributed by atoms with Crippen molar-refractivity contribution in [3.05, 3.63) is 0 Å². The van der Waals surface area contributed by atoms with Crippen molar-refractivity contribution in [3.8, 4) is 0 Å². The fourth-order valence-electron chi connectivity index (χ4n) is 1.80. The van der Waals surface area contributed by atoms with E-state index in [0.29, 0.717) is 13.0 Å². The minimum atomic E-state index is -4.19. The molecule has 1 unspecified atom stereocenters. The quantitative estimate of drug-likeness (QED) is 0.781. The van der Waals surface area contributed by atoms with Crippen LogP contribution in [-0.4, -0.2) is 63.7 Å². The smallest absolute Gasteiger partial charge is 0.312 e. The summed E-state index contributed by atoms with van der Waals surface area (Å²) in [6, 6.07) is -0.112. The van der Waals surface area contributed by atoms with Crippen molar-refractivity contribution in [2.75, 3.05) is 38.2 Å². The van der Waals surface area contributed by atoms with E-state index in [1.165, 1.54) is 7.05 Å². The molecule has 1 aliphatic rings. The van der Waals surface area contributed by atoms with Crippen molar-refractivity contribution < 1.29 is 21.6 Å². The van der Waals surface area contributed by atoms with Crippen LogP contribution in [0.4, 0.5) is 13.2 Å². The second kappa shape index (κ2) is 5.53. The van der Waals surface area contributed by atoms with Crippen molar-refractivity contribution in [3.63, 3.8) is 0 Å². The van der Waals surface area contributed by atoms with Gasteiger partial charge in [-0.1, -0.05) is 0 Å². The molecule has 17 heavy (non-hydrogen) atoms. The number of hydrogen-bond acceptors (Lipinski definition) is 4. The highest BCUT2D eigenvalue weighted by Gasteiger charge is 2.30. The maximum atomic E-state index is 12.0. The standard InChI is InChI=1S/C9H17F3N2O2S/c1-14(7-9(10,11)12)4-3-13-8-2-5-17(15,16)6-8/h8,13H,2-7H2,1H3. The minimum Gasteiger partial charge on any atom is -0.312 e. The maximum Gasteiger partial charge on any atom is 0.401 e. The van der Waals surface area contributed by atoms with Crippen LogP contribution in [0.3, 0.4) is 0 Å². The Morgan fingerprint density at radius 3 is 2.53 bits per heavy atom. The van der Waals surface area contributed by atoms with Crippen LogP contribution < -0.4 is 5.32 Å². The van der Waals surface area contributed by atoms with Gasteiger partial charge in [-0.2, -0.15) is 13.2 Å². The first-order valence-electron chi connectivity index (χ1n) is 5.37. The van der Waals surface area contributed by atoms with Crippen LogP contribution in [0.2, 0.25) is 0 Å². The number of nitrogens with zero attached hydrogens (tertiary/aromatic N) is 1. The Morgan fingerprint density at radius 1 is 1.41 bits per heavy atom. The molecular formula is C9H17F3N2O2S. The lowest BCUT2D eigenvalue weighted by Gasteiger charge is -2.19. The summed E-state index contributed by atoms with van der Waals surface area (Å²) < 4.78 is 58.2. The molecule has 0 bridgehead atoms. The van der Waals surface area contributed by atoms with Gasteiger partial charge in [-0.3, -0.25) is 4.90 Å². The molecule has 0 aromatic heterocycles. The van der Waals surface area contributed by atoms with Crippen LogP contribution in [0.1, 0.15) is 6.42 Å². The number of alkyl halides is 3. The Bertz CT molecular complexity index is 343. The third-order valence-corrected chi connectivity index (χ3v) is 4.38. The van der Waals surface area contributed by atoms with Crippen molar-refractivity contribution >= 4 is 9.84 Å². The van der Waals surface area contributed by atoms with E-state index in [9.17, 15) is 21.6 Å². The zero-order chi connectivity index (χ0) is 13.1. The van der Waals surface area contributed by atoms with Gasteiger partial charge in [0.25, 0.3) is 0 Å². The van der Waals surface area contributed by atoms with Crippen molar-refractivity contribution in [1.82, 2.24) is 10.2 Å². The fourth-order valence-corrected chi connectivity index (χ4v) is 3.51. The highest BCUT2D eigenvalue weighted by Crippen LogP contribution is 2.15. The van der Waals surface area contributed by atoms with E-state index in [1.807, 2.05) is 0 Å². The molecule has 0 radical (unpaired) electrons. The third-order valence-electron chi connectivity index (χ3n) is 2.61. The predicted molar refractivity (Wildman–Crippen MR) is 58.6 cm³/mol. The molecule has 8 heteroatoms. The van der Waals surface area contributed by atoms with Crippen LogP contribution in [0.15, 0.2) is 0 Å². The van der Waals surface area contributed by atoms with E-state index in [4.69, 9.17) is 0 Å². The maximum absolute atomic E-state index is 12.0. The summed E-state index contributed by atoms with van der Waals surface area (Å²) in [5.41, 5.74) is 0. The molecule has 0 amide bonds. The minimum absolute atomic E-state index is 0.0932. The average molecular weight is 274 g/mol. The van der Waals surface area contributed by atoms with Crippen LogP contribution in [0.25, 0.3) is 0 Å².